The zero-order chi connectivity index (χ0) is 17.3. The predicted molar refractivity (Wildman–Crippen MR) is 82.5 cm³/mol. The third-order valence-electron chi connectivity index (χ3n) is 4.54. The van der Waals surface area contributed by atoms with Gasteiger partial charge in [-0.25, -0.2) is 8.78 Å². The van der Waals surface area contributed by atoms with Gasteiger partial charge in [0, 0.05) is 13.0 Å². The van der Waals surface area contributed by atoms with E-state index in [-0.39, 0.29) is 24.5 Å². The monoisotopic (exact) mass is 338 g/mol. The summed E-state index contributed by atoms with van der Waals surface area (Å²) in [6, 6.07) is 1.45. The molecule has 24 heavy (non-hydrogen) atoms. The van der Waals surface area contributed by atoms with Gasteiger partial charge < -0.3 is 15.4 Å². The Bertz CT molecular complexity index is 636. The number of amides is 2. The number of carbonyl (C=O) groups is 2. The molecule has 130 valence electrons. The highest BCUT2D eigenvalue weighted by Gasteiger charge is 2.38. The second kappa shape index (κ2) is 6.84. The van der Waals surface area contributed by atoms with Crippen LogP contribution in [0.5, 0.6) is 0 Å². The summed E-state index contributed by atoms with van der Waals surface area (Å²) < 4.78 is 33.6. The fourth-order valence-corrected chi connectivity index (χ4v) is 3.38. The van der Waals surface area contributed by atoms with Crippen LogP contribution in [0.2, 0.25) is 0 Å². The first-order valence-corrected chi connectivity index (χ1v) is 8.13. The molecule has 2 saturated heterocycles. The lowest BCUT2D eigenvalue weighted by atomic mass is 9.92. The Morgan fingerprint density at radius 2 is 2.00 bits per heavy atom. The fraction of sp³-hybridized carbons (Fsp3) is 0.529. The summed E-state index contributed by atoms with van der Waals surface area (Å²) in [5, 5.41) is 5.51. The van der Waals surface area contributed by atoms with E-state index in [0.717, 1.165) is 25.0 Å². The highest BCUT2D eigenvalue weighted by molar-refractivity contribution is 5.95. The quantitative estimate of drug-likeness (QED) is 0.884. The van der Waals surface area contributed by atoms with Gasteiger partial charge in [-0.3, -0.25) is 9.59 Å². The molecule has 3 atom stereocenters. The van der Waals surface area contributed by atoms with Crippen LogP contribution >= 0.6 is 0 Å². The molecule has 2 aliphatic heterocycles. The van der Waals surface area contributed by atoms with Crippen LogP contribution in [0.1, 0.15) is 41.6 Å². The molecule has 2 heterocycles. The summed E-state index contributed by atoms with van der Waals surface area (Å²) >= 11 is 0. The van der Waals surface area contributed by atoms with E-state index in [0.29, 0.717) is 18.6 Å². The lowest BCUT2D eigenvalue weighted by Crippen LogP contribution is -2.60. The molecule has 0 bridgehead atoms. The smallest absolute Gasteiger partial charge is 0.257 e. The van der Waals surface area contributed by atoms with Gasteiger partial charge in [-0.15, -0.1) is 0 Å². The summed E-state index contributed by atoms with van der Waals surface area (Å²) in [5.41, 5.74) is -0.188. The number of aryl methyl sites for hydroxylation is 1. The zero-order valence-corrected chi connectivity index (χ0v) is 13.4. The van der Waals surface area contributed by atoms with Crippen molar-refractivity contribution >= 4 is 11.8 Å². The van der Waals surface area contributed by atoms with Crippen molar-refractivity contribution in [3.63, 3.8) is 0 Å². The number of hydrogen-bond donors (Lipinski definition) is 2. The van der Waals surface area contributed by atoms with Crippen LogP contribution in [-0.2, 0) is 9.53 Å². The molecule has 0 aromatic heterocycles. The van der Waals surface area contributed by atoms with Crippen LogP contribution in [0.3, 0.4) is 0 Å². The van der Waals surface area contributed by atoms with E-state index in [1.807, 2.05) is 0 Å². The van der Waals surface area contributed by atoms with Gasteiger partial charge in [0.2, 0.25) is 5.91 Å². The van der Waals surface area contributed by atoms with E-state index in [1.54, 1.807) is 6.92 Å². The molecule has 2 N–H and O–H groups in total. The SMILES string of the molecule is Cc1cc(F)c(C(=O)N[C@@H]2CCC(=O)N[C@H]2C2CCCO2)c(F)c1. The van der Waals surface area contributed by atoms with Crippen molar-refractivity contribution in [2.75, 3.05) is 6.61 Å². The number of benzene rings is 1. The molecule has 2 fully saturated rings. The molecule has 3 rings (SSSR count). The standard InChI is InChI=1S/C17H20F2N2O3/c1-9-7-10(18)15(11(19)8-9)17(23)20-12-4-5-14(22)21-16(12)13-3-2-6-24-13/h7-8,12-13,16H,2-6H2,1H3,(H,20,23)(H,21,22)/t12-,13?,16-/m1/s1. The maximum atomic E-state index is 14.0. The Labute approximate surface area is 138 Å². The minimum absolute atomic E-state index is 0.103. The van der Waals surface area contributed by atoms with Gasteiger partial charge in [0.1, 0.15) is 17.2 Å². The average Bonchev–Trinajstić information content (AvgIpc) is 3.02. The van der Waals surface area contributed by atoms with E-state index in [4.69, 9.17) is 4.74 Å². The van der Waals surface area contributed by atoms with Gasteiger partial charge >= 0.3 is 0 Å². The molecule has 1 unspecified atom stereocenters. The van der Waals surface area contributed by atoms with Crippen molar-refractivity contribution in [1.82, 2.24) is 10.6 Å². The summed E-state index contributed by atoms with van der Waals surface area (Å²) in [6.45, 7) is 2.16. The zero-order valence-electron chi connectivity index (χ0n) is 13.4. The van der Waals surface area contributed by atoms with E-state index in [1.165, 1.54) is 0 Å². The third kappa shape index (κ3) is 3.40. The van der Waals surface area contributed by atoms with Gasteiger partial charge in [-0.1, -0.05) is 0 Å². The van der Waals surface area contributed by atoms with Crippen LogP contribution in [0.4, 0.5) is 8.78 Å². The molecule has 0 aliphatic carbocycles. The number of nitrogens with one attached hydrogen (secondary N) is 2. The van der Waals surface area contributed by atoms with Crippen molar-refractivity contribution in [3.8, 4) is 0 Å². The summed E-state index contributed by atoms with van der Waals surface area (Å²) in [4.78, 5) is 24.0. The Morgan fingerprint density at radius 1 is 1.29 bits per heavy atom. The second-order valence-electron chi connectivity index (χ2n) is 6.37. The van der Waals surface area contributed by atoms with Crippen LogP contribution < -0.4 is 10.6 Å². The number of hydrogen-bond acceptors (Lipinski definition) is 3. The highest BCUT2D eigenvalue weighted by Crippen LogP contribution is 2.23. The first-order valence-electron chi connectivity index (χ1n) is 8.13. The largest absolute Gasteiger partial charge is 0.376 e. The fourth-order valence-electron chi connectivity index (χ4n) is 3.38. The van der Waals surface area contributed by atoms with Crippen molar-refractivity contribution in [3.05, 3.63) is 34.9 Å². The summed E-state index contributed by atoms with van der Waals surface area (Å²) in [6.07, 6.45) is 2.15. The number of carbonyl (C=O) groups excluding carboxylic acids is 2. The molecule has 1 aromatic carbocycles. The highest BCUT2D eigenvalue weighted by atomic mass is 19.1. The van der Waals surface area contributed by atoms with E-state index in [9.17, 15) is 18.4 Å². The molecule has 0 radical (unpaired) electrons. The number of ether oxygens (including phenoxy) is 1. The second-order valence-corrected chi connectivity index (χ2v) is 6.37. The van der Waals surface area contributed by atoms with Crippen molar-refractivity contribution in [2.45, 2.75) is 50.8 Å². The third-order valence-corrected chi connectivity index (χ3v) is 4.54. The molecule has 5 nitrogen and oxygen atoms in total. The Kier molecular flexibility index (Phi) is 4.80. The first-order chi connectivity index (χ1) is 11.5. The van der Waals surface area contributed by atoms with Gasteiger partial charge in [0.25, 0.3) is 5.91 Å². The molecule has 2 aliphatic rings. The summed E-state index contributed by atoms with van der Waals surface area (Å²) in [5.74, 6) is -2.69. The molecule has 1 aromatic rings. The normalized spacial score (nSPS) is 27.0. The van der Waals surface area contributed by atoms with Gasteiger partial charge in [-0.2, -0.15) is 0 Å². The van der Waals surface area contributed by atoms with E-state index in [2.05, 4.69) is 10.6 Å². The average molecular weight is 338 g/mol. The van der Waals surface area contributed by atoms with Gasteiger partial charge in [-0.05, 0) is 43.9 Å². The minimum atomic E-state index is -0.890. The number of rotatable bonds is 3. The molecule has 2 amide bonds. The van der Waals surface area contributed by atoms with Gasteiger partial charge in [0.05, 0.1) is 18.2 Å². The van der Waals surface area contributed by atoms with Gasteiger partial charge in [0.15, 0.2) is 0 Å². The van der Waals surface area contributed by atoms with Crippen LogP contribution in [0, 0.1) is 18.6 Å². The Hall–Kier alpha value is -2.02. The maximum Gasteiger partial charge on any atom is 0.257 e. The molecule has 0 saturated carbocycles. The molecule has 0 spiro atoms. The summed E-state index contributed by atoms with van der Waals surface area (Å²) in [7, 11) is 0. The topological polar surface area (TPSA) is 67.4 Å². The lowest BCUT2D eigenvalue weighted by Gasteiger charge is -2.36. The van der Waals surface area contributed by atoms with Crippen LogP contribution in [-0.4, -0.2) is 36.6 Å². The number of halogens is 2. The Balaban J connectivity index is 1.78. The Morgan fingerprint density at radius 3 is 2.62 bits per heavy atom. The maximum absolute atomic E-state index is 14.0. The van der Waals surface area contributed by atoms with Crippen molar-refractivity contribution in [2.24, 2.45) is 0 Å². The van der Waals surface area contributed by atoms with E-state index < -0.39 is 29.1 Å². The first kappa shape index (κ1) is 16.8. The lowest BCUT2D eigenvalue weighted by molar-refractivity contribution is -0.125. The van der Waals surface area contributed by atoms with Crippen LogP contribution in [0.15, 0.2) is 12.1 Å². The molecular formula is C17H20F2N2O3. The minimum Gasteiger partial charge on any atom is -0.376 e. The molecule has 7 heteroatoms. The van der Waals surface area contributed by atoms with Crippen LogP contribution in [0.25, 0.3) is 0 Å². The predicted octanol–water partition coefficient (Wildman–Crippen LogP) is 1.83. The van der Waals surface area contributed by atoms with Crippen molar-refractivity contribution in [1.29, 1.82) is 0 Å². The van der Waals surface area contributed by atoms with Crippen molar-refractivity contribution < 1.29 is 23.1 Å². The number of piperidine rings is 1. The van der Waals surface area contributed by atoms with E-state index >= 15 is 0 Å². The molecular weight excluding hydrogens is 318 g/mol.